The lowest BCUT2D eigenvalue weighted by Gasteiger charge is -2.24. The molecule has 0 unspecified atom stereocenters. The van der Waals surface area contributed by atoms with E-state index in [0.717, 1.165) is 0 Å². The minimum absolute atomic E-state index is 0.586. The Labute approximate surface area is 54.1 Å². The first-order valence-corrected chi connectivity index (χ1v) is 3.24. The monoisotopic (exact) mass is 128 g/mol. The Balaban J connectivity index is 1.97. The minimum atomic E-state index is -1.15. The van der Waals surface area contributed by atoms with Gasteiger partial charge in [-0.05, 0) is 18.8 Å². The van der Waals surface area contributed by atoms with Gasteiger partial charge in [-0.15, -0.1) is 0 Å². The van der Waals surface area contributed by atoms with Crippen LogP contribution in [0.2, 0.25) is 0 Å². The molecule has 1 fully saturated rings. The van der Waals surface area contributed by atoms with Crippen LogP contribution in [0.5, 0.6) is 0 Å². The summed E-state index contributed by atoms with van der Waals surface area (Å²) < 4.78 is 0. The molecule has 1 amide bonds. The molecule has 1 aliphatic rings. The number of nitrogens with one attached hydrogen (secondary N) is 1. The van der Waals surface area contributed by atoms with Crippen LogP contribution < -0.4 is 5.32 Å². The van der Waals surface area contributed by atoms with Gasteiger partial charge in [0.25, 0.3) is 0 Å². The summed E-state index contributed by atoms with van der Waals surface area (Å²) in [7, 11) is 0. The first kappa shape index (κ1) is 6.39. The van der Waals surface area contributed by atoms with E-state index in [-0.39, 0.29) is 0 Å². The molecule has 1 N–H and O–H groups in total. The predicted molar refractivity (Wildman–Crippen MR) is 31.4 cm³/mol. The smallest absolute Gasteiger partial charge is 0.318 e. The molecule has 0 bridgehead atoms. The first-order chi connectivity index (χ1) is 4.29. The van der Waals surface area contributed by atoms with Crippen molar-refractivity contribution >= 4 is 6.09 Å². The zero-order chi connectivity index (χ0) is 6.69. The summed E-state index contributed by atoms with van der Waals surface area (Å²) in [6, 6.07) is 0. The second-order valence-electron chi connectivity index (χ2n) is 2.47. The van der Waals surface area contributed by atoms with E-state index < -0.39 is 6.09 Å². The maximum atomic E-state index is 9.82. The van der Waals surface area contributed by atoms with Crippen molar-refractivity contribution in [3.05, 3.63) is 0 Å². The van der Waals surface area contributed by atoms with Crippen molar-refractivity contribution in [1.29, 1.82) is 0 Å². The van der Waals surface area contributed by atoms with E-state index in [1.807, 2.05) is 0 Å². The highest BCUT2D eigenvalue weighted by molar-refractivity contribution is 5.63. The maximum absolute atomic E-state index is 9.82. The average Bonchev–Trinajstić information content (AvgIpc) is 1.60. The van der Waals surface area contributed by atoms with Crippen molar-refractivity contribution in [3.63, 3.8) is 0 Å². The van der Waals surface area contributed by atoms with Crippen LogP contribution in [0.25, 0.3) is 0 Å². The van der Waals surface area contributed by atoms with Crippen molar-refractivity contribution in [2.75, 3.05) is 6.54 Å². The van der Waals surface area contributed by atoms with Crippen LogP contribution in [0.4, 0.5) is 4.79 Å². The molecular weight excluding hydrogens is 118 g/mol. The fourth-order valence-corrected chi connectivity index (χ4v) is 0.925. The number of hydrogen-bond acceptors (Lipinski definition) is 1. The lowest BCUT2D eigenvalue weighted by molar-refractivity contribution is 0.163. The standard InChI is InChI=1S/C6H10NO2/c8-6(9)7-4-5-2-1-3-5/h5,7H,1-4H2. The lowest BCUT2D eigenvalue weighted by Crippen LogP contribution is -2.30. The number of rotatable bonds is 2. The first-order valence-electron chi connectivity index (χ1n) is 3.24. The average molecular weight is 128 g/mol. The molecule has 0 aromatic heterocycles. The van der Waals surface area contributed by atoms with Crippen molar-refractivity contribution in [2.24, 2.45) is 5.92 Å². The molecule has 0 heterocycles. The fourth-order valence-electron chi connectivity index (χ4n) is 0.925. The largest absolute Gasteiger partial charge is 0.450 e. The second-order valence-corrected chi connectivity index (χ2v) is 2.47. The van der Waals surface area contributed by atoms with Gasteiger partial charge in [0, 0.05) is 6.54 Å². The van der Waals surface area contributed by atoms with E-state index >= 15 is 0 Å². The molecule has 0 aliphatic heterocycles. The zero-order valence-electron chi connectivity index (χ0n) is 5.22. The molecule has 1 radical (unpaired) electrons. The van der Waals surface area contributed by atoms with E-state index in [9.17, 15) is 9.90 Å². The number of carbonyl (C=O) groups is 1. The molecule has 0 saturated heterocycles. The Hall–Kier alpha value is -0.730. The summed E-state index contributed by atoms with van der Waals surface area (Å²) in [5, 5.41) is 12.1. The molecule has 0 atom stereocenters. The molecule has 1 saturated carbocycles. The number of carbonyl (C=O) groups excluding carboxylic acids is 1. The van der Waals surface area contributed by atoms with Gasteiger partial charge in [-0.3, -0.25) is 0 Å². The van der Waals surface area contributed by atoms with Gasteiger partial charge in [0.1, 0.15) is 0 Å². The Kier molecular flexibility index (Phi) is 1.92. The van der Waals surface area contributed by atoms with Crippen LogP contribution in [0.15, 0.2) is 0 Å². The molecule has 1 aliphatic carbocycles. The summed E-state index contributed by atoms with van der Waals surface area (Å²) in [6.45, 7) is 0.586. The number of hydrogen-bond donors (Lipinski definition) is 1. The van der Waals surface area contributed by atoms with Crippen molar-refractivity contribution < 1.29 is 9.90 Å². The van der Waals surface area contributed by atoms with E-state index in [0.29, 0.717) is 12.5 Å². The van der Waals surface area contributed by atoms with Gasteiger partial charge in [-0.25, -0.2) is 9.90 Å². The molecule has 0 aromatic carbocycles. The van der Waals surface area contributed by atoms with Gasteiger partial charge < -0.3 is 5.32 Å². The highest BCUT2D eigenvalue weighted by atomic mass is 16.4. The van der Waals surface area contributed by atoms with Crippen molar-refractivity contribution in [1.82, 2.24) is 5.32 Å². The van der Waals surface area contributed by atoms with Crippen LogP contribution in [-0.2, 0) is 5.11 Å². The third kappa shape index (κ3) is 1.91. The van der Waals surface area contributed by atoms with Crippen molar-refractivity contribution in [3.8, 4) is 0 Å². The van der Waals surface area contributed by atoms with Crippen LogP contribution in [-0.4, -0.2) is 12.6 Å². The van der Waals surface area contributed by atoms with Gasteiger partial charge in [0.2, 0.25) is 0 Å². The third-order valence-corrected chi connectivity index (χ3v) is 1.76. The normalized spacial score (nSPS) is 18.7. The van der Waals surface area contributed by atoms with Gasteiger partial charge >= 0.3 is 6.09 Å². The van der Waals surface area contributed by atoms with E-state index in [1.54, 1.807) is 0 Å². The van der Waals surface area contributed by atoms with Crippen LogP contribution in [0.1, 0.15) is 19.3 Å². The van der Waals surface area contributed by atoms with Crippen LogP contribution in [0, 0.1) is 5.92 Å². The van der Waals surface area contributed by atoms with Gasteiger partial charge in [-0.1, -0.05) is 6.42 Å². The number of amides is 1. The lowest BCUT2D eigenvalue weighted by atomic mass is 9.85. The molecule has 1 rings (SSSR count). The SMILES string of the molecule is [O]C(=O)NCC1CCC1. The molecule has 9 heavy (non-hydrogen) atoms. The molecule has 3 heteroatoms. The Morgan fingerprint density at radius 1 is 1.56 bits per heavy atom. The summed E-state index contributed by atoms with van der Waals surface area (Å²) in [6.07, 6.45) is 2.43. The second kappa shape index (κ2) is 2.71. The van der Waals surface area contributed by atoms with Crippen LogP contribution in [0.3, 0.4) is 0 Å². The molecule has 0 spiro atoms. The van der Waals surface area contributed by atoms with Crippen LogP contribution >= 0.6 is 0 Å². The third-order valence-electron chi connectivity index (χ3n) is 1.76. The maximum Gasteiger partial charge on any atom is 0.450 e. The highest BCUT2D eigenvalue weighted by Crippen LogP contribution is 2.24. The minimum Gasteiger partial charge on any atom is -0.318 e. The summed E-state index contributed by atoms with van der Waals surface area (Å²) >= 11 is 0. The fraction of sp³-hybridized carbons (Fsp3) is 0.833. The molecular formula is C6H10NO2. The zero-order valence-corrected chi connectivity index (χ0v) is 5.22. The Bertz CT molecular complexity index is 110. The molecule has 0 aromatic rings. The summed E-state index contributed by atoms with van der Waals surface area (Å²) in [5.74, 6) is 0.586. The Morgan fingerprint density at radius 2 is 2.22 bits per heavy atom. The topological polar surface area (TPSA) is 49.0 Å². The Morgan fingerprint density at radius 3 is 2.56 bits per heavy atom. The highest BCUT2D eigenvalue weighted by Gasteiger charge is 2.17. The van der Waals surface area contributed by atoms with E-state index in [2.05, 4.69) is 5.32 Å². The molecule has 51 valence electrons. The van der Waals surface area contributed by atoms with E-state index in [4.69, 9.17) is 0 Å². The molecule has 3 nitrogen and oxygen atoms in total. The van der Waals surface area contributed by atoms with Gasteiger partial charge in [0.05, 0.1) is 0 Å². The quantitative estimate of drug-likeness (QED) is 0.590. The summed E-state index contributed by atoms with van der Waals surface area (Å²) in [4.78, 5) is 9.82. The van der Waals surface area contributed by atoms with Gasteiger partial charge in [-0.2, -0.15) is 0 Å². The summed E-state index contributed by atoms with van der Waals surface area (Å²) in [5.41, 5.74) is 0. The predicted octanol–water partition coefficient (Wildman–Crippen LogP) is 0.927. The van der Waals surface area contributed by atoms with Crippen molar-refractivity contribution in [2.45, 2.75) is 19.3 Å². The van der Waals surface area contributed by atoms with E-state index in [1.165, 1.54) is 19.3 Å². The van der Waals surface area contributed by atoms with Gasteiger partial charge in [0.15, 0.2) is 0 Å².